The van der Waals surface area contributed by atoms with Crippen LogP contribution in [0.5, 0.6) is 0 Å². The van der Waals surface area contributed by atoms with Crippen LogP contribution in [0.3, 0.4) is 0 Å². The van der Waals surface area contributed by atoms with Crippen molar-refractivity contribution in [2.24, 2.45) is 0 Å². The molecule has 3 rings (SSSR count). The molecule has 0 unspecified atom stereocenters. The summed E-state index contributed by atoms with van der Waals surface area (Å²) >= 11 is 1.89. The van der Waals surface area contributed by atoms with Crippen molar-refractivity contribution in [1.82, 2.24) is 24.9 Å². The summed E-state index contributed by atoms with van der Waals surface area (Å²) in [7, 11) is 0. The second-order valence-electron chi connectivity index (χ2n) is 6.92. The molecule has 154 valence electrons. The van der Waals surface area contributed by atoms with Crippen LogP contribution in [0.15, 0.2) is 35.1 Å². The van der Waals surface area contributed by atoms with E-state index in [1.54, 1.807) is 4.68 Å². The summed E-state index contributed by atoms with van der Waals surface area (Å²) in [6.07, 6.45) is 2.08. The molecule has 1 N–H and O–H groups in total. The lowest BCUT2D eigenvalue weighted by Gasteiger charge is -2.08. The molecule has 2 heterocycles. The third-order valence-electron chi connectivity index (χ3n) is 4.61. The largest absolute Gasteiger partial charge is 0.354 e. The molecule has 0 atom stereocenters. The second-order valence-corrected chi connectivity index (χ2v) is 8.15. The number of aryl methyl sites for hydroxylation is 2. The van der Waals surface area contributed by atoms with Crippen molar-refractivity contribution >= 4 is 28.6 Å². The number of fused-ring (bicyclic) bond motifs is 1. The standard InChI is InChI=1S/C21H27N5O2S/c1-4-12-29-13-8-11-22-18(27)14-25-21(28)19-16(3)26(17-9-6-5-7-10-17)24-20(19)15(2)23-25/h5-7,9-10H,4,8,11-14H2,1-3H3,(H,22,27). The van der Waals surface area contributed by atoms with Gasteiger partial charge in [-0.05, 0) is 50.3 Å². The number of aromatic nitrogens is 4. The first-order chi connectivity index (χ1) is 14.0. The fourth-order valence-corrected chi connectivity index (χ4v) is 4.02. The molecule has 0 saturated heterocycles. The van der Waals surface area contributed by atoms with E-state index in [0.29, 0.717) is 23.1 Å². The van der Waals surface area contributed by atoms with Crippen molar-refractivity contribution in [3.05, 3.63) is 52.1 Å². The molecular weight excluding hydrogens is 386 g/mol. The lowest BCUT2D eigenvalue weighted by molar-refractivity contribution is -0.121. The average Bonchev–Trinajstić information content (AvgIpc) is 3.07. The van der Waals surface area contributed by atoms with Gasteiger partial charge in [-0.2, -0.15) is 22.0 Å². The third-order valence-corrected chi connectivity index (χ3v) is 5.88. The van der Waals surface area contributed by atoms with Crippen LogP contribution in [0.25, 0.3) is 16.6 Å². The van der Waals surface area contributed by atoms with Gasteiger partial charge in [-0.15, -0.1) is 0 Å². The number of para-hydroxylation sites is 1. The van der Waals surface area contributed by atoms with Crippen LogP contribution in [0.1, 0.15) is 31.2 Å². The van der Waals surface area contributed by atoms with Gasteiger partial charge in [-0.25, -0.2) is 9.36 Å². The summed E-state index contributed by atoms with van der Waals surface area (Å²) in [6, 6.07) is 9.66. The lowest BCUT2D eigenvalue weighted by atomic mass is 10.2. The maximum absolute atomic E-state index is 13.0. The van der Waals surface area contributed by atoms with Gasteiger partial charge >= 0.3 is 0 Å². The highest BCUT2D eigenvalue weighted by molar-refractivity contribution is 7.99. The highest BCUT2D eigenvalue weighted by atomic mass is 32.2. The van der Waals surface area contributed by atoms with Crippen molar-refractivity contribution in [3.63, 3.8) is 0 Å². The number of hydrogen-bond acceptors (Lipinski definition) is 5. The molecule has 0 aliphatic carbocycles. The number of carbonyl (C=O) groups excluding carboxylic acids is 1. The van der Waals surface area contributed by atoms with Crippen molar-refractivity contribution in [2.45, 2.75) is 40.2 Å². The van der Waals surface area contributed by atoms with Crippen molar-refractivity contribution in [2.75, 3.05) is 18.1 Å². The predicted octanol–water partition coefficient (Wildman–Crippen LogP) is 2.85. The maximum atomic E-state index is 13.0. The van der Waals surface area contributed by atoms with Crippen molar-refractivity contribution in [1.29, 1.82) is 0 Å². The zero-order valence-corrected chi connectivity index (χ0v) is 18.0. The van der Waals surface area contributed by atoms with E-state index in [0.717, 1.165) is 35.7 Å². The Bertz CT molecular complexity index is 1040. The van der Waals surface area contributed by atoms with Gasteiger partial charge in [0.15, 0.2) is 0 Å². The monoisotopic (exact) mass is 413 g/mol. The number of amides is 1. The Labute approximate surface area is 174 Å². The van der Waals surface area contributed by atoms with Gasteiger partial charge < -0.3 is 5.32 Å². The van der Waals surface area contributed by atoms with E-state index in [1.165, 1.54) is 4.68 Å². The Morgan fingerprint density at radius 2 is 1.90 bits per heavy atom. The average molecular weight is 414 g/mol. The number of carbonyl (C=O) groups is 1. The smallest absolute Gasteiger partial charge is 0.278 e. The van der Waals surface area contributed by atoms with E-state index in [1.807, 2.05) is 55.9 Å². The molecular formula is C21H27N5O2S. The van der Waals surface area contributed by atoms with Crippen LogP contribution in [-0.2, 0) is 11.3 Å². The van der Waals surface area contributed by atoms with Gasteiger partial charge in [0.1, 0.15) is 12.1 Å². The summed E-state index contributed by atoms with van der Waals surface area (Å²) in [5, 5.41) is 12.3. The Kier molecular flexibility index (Phi) is 7.09. The fourth-order valence-electron chi connectivity index (χ4n) is 3.18. The quantitative estimate of drug-likeness (QED) is 0.546. The minimum atomic E-state index is -0.293. The number of nitrogens with one attached hydrogen (secondary N) is 1. The highest BCUT2D eigenvalue weighted by Crippen LogP contribution is 2.19. The van der Waals surface area contributed by atoms with E-state index in [9.17, 15) is 9.59 Å². The maximum Gasteiger partial charge on any atom is 0.278 e. The Morgan fingerprint density at radius 3 is 2.62 bits per heavy atom. The van der Waals surface area contributed by atoms with E-state index >= 15 is 0 Å². The minimum Gasteiger partial charge on any atom is -0.354 e. The molecule has 0 bridgehead atoms. The Hall–Kier alpha value is -2.61. The number of thioether (sulfide) groups is 1. The van der Waals surface area contributed by atoms with Crippen LogP contribution in [0, 0.1) is 13.8 Å². The molecule has 1 amide bonds. The summed E-state index contributed by atoms with van der Waals surface area (Å²) in [6.45, 7) is 6.35. The van der Waals surface area contributed by atoms with E-state index < -0.39 is 0 Å². The topological polar surface area (TPSA) is 81.8 Å². The molecule has 0 aliphatic rings. The van der Waals surface area contributed by atoms with E-state index in [-0.39, 0.29) is 18.0 Å². The van der Waals surface area contributed by atoms with Gasteiger partial charge in [0.2, 0.25) is 5.91 Å². The van der Waals surface area contributed by atoms with Gasteiger partial charge in [0.05, 0.1) is 22.5 Å². The molecule has 0 aliphatic heterocycles. The Balaban J connectivity index is 1.78. The molecule has 8 heteroatoms. The zero-order chi connectivity index (χ0) is 20.8. The van der Waals surface area contributed by atoms with E-state index in [4.69, 9.17) is 0 Å². The van der Waals surface area contributed by atoms with Crippen LogP contribution in [0.2, 0.25) is 0 Å². The molecule has 0 saturated carbocycles. The molecule has 29 heavy (non-hydrogen) atoms. The summed E-state index contributed by atoms with van der Waals surface area (Å²) in [4.78, 5) is 25.3. The molecule has 2 aromatic heterocycles. The first-order valence-corrected chi connectivity index (χ1v) is 11.0. The first kappa shape index (κ1) is 21.1. The molecule has 1 aromatic carbocycles. The predicted molar refractivity (Wildman–Crippen MR) is 118 cm³/mol. The summed E-state index contributed by atoms with van der Waals surface area (Å²) in [5.74, 6) is 1.96. The molecule has 0 spiro atoms. The zero-order valence-electron chi connectivity index (χ0n) is 17.1. The van der Waals surface area contributed by atoms with Crippen LogP contribution < -0.4 is 10.9 Å². The number of rotatable bonds is 9. The normalized spacial score (nSPS) is 11.1. The van der Waals surface area contributed by atoms with Crippen molar-refractivity contribution in [3.8, 4) is 5.69 Å². The summed E-state index contributed by atoms with van der Waals surface area (Å²) in [5.41, 5.74) is 2.52. The number of hydrogen-bond donors (Lipinski definition) is 1. The van der Waals surface area contributed by atoms with Gasteiger partial charge in [0.25, 0.3) is 5.56 Å². The van der Waals surface area contributed by atoms with Crippen LogP contribution in [-0.4, -0.2) is 43.5 Å². The third kappa shape index (κ3) is 4.87. The van der Waals surface area contributed by atoms with Crippen LogP contribution >= 0.6 is 11.8 Å². The molecule has 3 aromatic rings. The van der Waals surface area contributed by atoms with Crippen LogP contribution in [0.4, 0.5) is 0 Å². The molecule has 0 radical (unpaired) electrons. The molecule has 7 nitrogen and oxygen atoms in total. The van der Waals surface area contributed by atoms with E-state index in [2.05, 4.69) is 22.4 Å². The second kappa shape index (κ2) is 9.73. The summed E-state index contributed by atoms with van der Waals surface area (Å²) < 4.78 is 2.99. The SMILES string of the molecule is CCCSCCCNC(=O)Cn1nc(C)c2nn(-c3ccccc3)c(C)c2c1=O. The van der Waals surface area contributed by atoms with Crippen molar-refractivity contribution < 1.29 is 4.79 Å². The van der Waals surface area contributed by atoms with Gasteiger partial charge in [0, 0.05) is 6.54 Å². The highest BCUT2D eigenvalue weighted by Gasteiger charge is 2.18. The Morgan fingerprint density at radius 1 is 1.14 bits per heavy atom. The lowest BCUT2D eigenvalue weighted by Crippen LogP contribution is -2.34. The first-order valence-electron chi connectivity index (χ1n) is 9.89. The fraction of sp³-hybridized carbons (Fsp3) is 0.429. The van der Waals surface area contributed by atoms with Gasteiger partial charge in [-0.1, -0.05) is 25.1 Å². The molecule has 0 fully saturated rings. The number of nitrogens with zero attached hydrogens (tertiary/aromatic N) is 4. The number of benzene rings is 1. The van der Waals surface area contributed by atoms with Gasteiger partial charge in [-0.3, -0.25) is 9.59 Å². The minimum absolute atomic E-state index is 0.0896.